The van der Waals surface area contributed by atoms with Crippen LogP contribution in [0.3, 0.4) is 0 Å². The van der Waals surface area contributed by atoms with Crippen molar-refractivity contribution < 1.29 is 27.9 Å². The van der Waals surface area contributed by atoms with Crippen molar-refractivity contribution in [3.63, 3.8) is 0 Å². The molecule has 1 unspecified atom stereocenters. The molecular weight excluding hydrogens is 360 g/mol. The molecule has 1 aliphatic rings. The predicted molar refractivity (Wildman–Crippen MR) is 96.6 cm³/mol. The number of carboxylic acids is 1. The standard InChI is InChI=1S/C17H24N2O6S/c1-11-3-4-15(19-26(2,23)24)13(9-11)16(20)18-10-14(17(21)22)12-5-7-25-8-6-12/h3-4,9,12,14,19H,5-8,10H2,1-2H3,(H,18,20)(H,21,22). The molecule has 1 fully saturated rings. The van der Waals surface area contributed by atoms with Gasteiger partial charge < -0.3 is 15.2 Å². The first-order valence-corrected chi connectivity index (χ1v) is 10.2. The molecule has 1 aliphatic heterocycles. The molecule has 26 heavy (non-hydrogen) atoms. The van der Waals surface area contributed by atoms with E-state index in [1.807, 2.05) is 0 Å². The molecule has 1 saturated heterocycles. The number of rotatable bonds is 7. The van der Waals surface area contributed by atoms with E-state index in [1.165, 1.54) is 6.07 Å². The van der Waals surface area contributed by atoms with Crippen molar-refractivity contribution in [2.45, 2.75) is 19.8 Å². The summed E-state index contributed by atoms with van der Waals surface area (Å²) in [5.74, 6) is -2.25. The molecule has 1 amide bonds. The van der Waals surface area contributed by atoms with E-state index in [9.17, 15) is 23.1 Å². The van der Waals surface area contributed by atoms with Gasteiger partial charge in [-0.05, 0) is 37.8 Å². The number of amides is 1. The fourth-order valence-corrected chi connectivity index (χ4v) is 3.58. The van der Waals surface area contributed by atoms with Crippen LogP contribution in [0.25, 0.3) is 0 Å². The van der Waals surface area contributed by atoms with Crippen LogP contribution in [0.1, 0.15) is 28.8 Å². The van der Waals surface area contributed by atoms with E-state index < -0.39 is 27.8 Å². The Bertz CT molecular complexity index is 771. The van der Waals surface area contributed by atoms with Crippen LogP contribution in [0.5, 0.6) is 0 Å². The SMILES string of the molecule is Cc1ccc(NS(C)(=O)=O)c(C(=O)NCC(C(=O)O)C2CCOCC2)c1. The summed E-state index contributed by atoms with van der Waals surface area (Å²) in [5.41, 5.74) is 1.11. The summed E-state index contributed by atoms with van der Waals surface area (Å²) < 4.78 is 30.5. The molecule has 1 atom stereocenters. The minimum atomic E-state index is -3.55. The zero-order valence-electron chi connectivity index (χ0n) is 14.8. The molecule has 8 nitrogen and oxygen atoms in total. The van der Waals surface area contributed by atoms with Gasteiger partial charge in [0.25, 0.3) is 5.91 Å². The topological polar surface area (TPSA) is 122 Å². The number of carbonyl (C=O) groups excluding carboxylic acids is 1. The molecule has 0 bridgehead atoms. The van der Waals surface area contributed by atoms with E-state index in [0.29, 0.717) is 26.1 Å². The van der Waals surface area contributed by atoms with Crippen molar-refractivity contribution in [1.82, 2.24) is 5.32 Å². The fraction of sp³-hybridized carbons (Fsp3) is 0.529. The van der Waals surface area contributed by atoms with Crippen LogP contribution in [0.2, 0.25) is 0 Å². The van der Waals surface area contributed by atoms with E-state index in [1.54, 1.807) is 19.1 Å². The summed E-state index contributed by atoms with van der Waals surface area (Å²) in [5, 5.41) is 12.1. The Balaban J connectivity index is 2.13. The number of aliphatic carboxylic acids is 1. The van der Waals surface area contributed by atoms with Gasteiger partial charge in [0, 0.05) is 19.8 Å². The Morgan fingerprint density at radius 1 is 1.31 bits per heavy atom. The molecule has 1 aromatic rings. The Kier molecular flexibility index (Phi) is 6.60. The average molecular weight is 384 g/mol. The Morgan fingerprint density at radius 3 is 2.54 bits per heavy atom. The van der Waals surface area contributed by atoms with Gasteiger partial charge in [-0.25, -0.2) is 8.42 Å². The van der Waals surface area contributed by atoms with Gasteiger partial charge in [0.15, 0.2) is 0 Å². The molecule has 0 saturated carbocycles. The maximum absolute atomic E-state index is 12.5. The maximum Gasteiger partial charge on any atom is 0.308 e. The van der Waals surface area contributed by atoms with Crippen molar-refractivity contribution in [3.8, 4) is 0 Å². The normalized spacial score (nSPS) is 16.7. The number of hydrogen-bond acceptors (Lipinski definition) is 5. The van der Waals surface area contributed by atoms with Crippen LogP contribution in [0.4, 0.5) is 5.69 Å². The third kappa shape index (κ3) is 5.70. The summed E-state index contributed by atoms with van der Waals surface area (Å²) in [6, 6.07) is 4.76. The molecule has 2 rings (SSSR count). The van der Waals surface area contributed by atoms with E-state index in [-0.39, 0.29) is 23.7 Å². The van der Waals surface area contributed by atoms with E-state index in [0.717, 1.165) is 11.8 Å². The number of nitrogens with one attached hydrogen (secondary N) is 2. The number of anilines is 1. The largest absolute Gasteiger partial charge is 0.481 e. The zero-order chi connectivity index (χ0) is 19.3. The van der Waals surface area contributed by atoms with Crippen molar-refractivity contribution in [2.75, 3.05) is 30.7 Å². The number of ether oxygens (including phenoxy) is 1. The molecular formula is C17H24N2O6S. The van der Waals surface area contributed by atoms with E-state index in [4.69, 9.17) is 4.74 Å². The first kappa shape index (κ1) is 20.2. The van der Waals surface area contributed by atoms with E-state index in [2.05, 4.69) is 10.0 Å². The first-order chi connectivity index (χ1) is 12.2. The second-order valence-electron chi connectivity index (χ2n) is 6.53. The molecule has 1 aromatic carbocycles. The second-order valence-corrected chi connectivity index (χ2v) is 8.28. The number of carbonyl (C=O) groups is 2. The van der Waals surface area contributed by atoms with Crippen LogP contribution in [-0.4, -0.2) is 51.4 Å². The molecule has 9 heteroatoms. The minimum absolute atomic E-state index is 0.0227. The zero-order valence-corrected chi connectivity index (χ0v) is 15.6. The van der Waals surface area contributed by atoms with Crippen molar-refractivity contribution in [2.24, 2.45) is 11.8 Å². The van der Waals surface area contributed by atoms with Gasteiger partial charge in [-0.1, -0.05) is 11.6 Å². The molecule has 3 N–H and O–H groups in total. The number of carboxylic acid groups (broad SMARTS) is 1. The Labute approximate surface area is 153 Å². The highest BCUT2D eigenvalue weighted by molar-refractivity contribution is 7.92. The van der Waals surface area contributed by atoms with Gasteiger partial charge in [-0.3, -0.25) is 14.3 Å². The number of aryl methyl sites for hydroxylation is 1. The molecule has 144 valence electrons. The quantitative estimate of drug-likeness (QED) is 0.650. The average Bonchev–Trinajstić information content (AvgIpc) is 2.56. The highest BCUT2D eigenvalue weighted by Crippen LogP contribution is 2.24. The lowest BCUT2D eigenvalue weighted by Crippen LogP contribution is -2.39. The van der Waals surface area contributed by atoms with Crippen LogP contribution in [0.15, 0.2) is 18.2 Å². The fourth-order valence-electron chi connectivity index (χ4n) is 3.01. The van der Waals surface area contributed by atoms with Crippen LogP contribution in [-0.2, 0) is 19.6 Å². The summed E-state index contributed by atoms with van der Waals surface area (Å²) >= 11 is 0. The predicted octanol–water partition coefficient (Wildman–Crippen LogP) is 1.22. The molecule has 0 aliphatic carbocycles. The monoisotopic (exact) mass is 384 g/mol. The molecule has 0 spiro atoms. The van der Waals surface area contributed by atoms with Crippen LogP contribution in [0, 0.1) is 18.8 Å². The van der Waals surface area contributed by atoms with E-state index >= 15 is 0 Å². The van der Waals surface area contributed by atoms with Gasteiger partial charge in [0.05, 0.1) is 23.4 Å². The third-order valence-corrected chi connectivity index (χ3v) is 4.94. The van der Waals surface area contributed by atoms with Gasteiger partial charge in [-0.2, -0.15) is 0 Å². The van der Waals surface area contributed by atoms with Gasteiger partial charge in [0.2, 0.25) is 10.0 Å². The maximum atomic E-state index is 12.5. The number of sulfonamides is 1. The highest BCUT2D eigenvalue weighted by Gasteiger charge is 2.30. The third-order valence-electron chi connectivity index (χ3n) is 4.35. The van der Waals surface area contributed by atoms with Crippen molar-refractivity contribution >= 4 is 27.6 Å². The van der Waals surface area contributed by atoms with Crippen LogP contribution < -0.4 is 10.0 Å². The number of hydrogen-bond donors (Lipinski definition) is 3. The Morgan fingerprint density at radius 2 is 1.96 bits per heavy atom. The lowest BCUT2D eigenvalue weighted by molar-refractivity contribution is -0.144. The lowest BCUT2D eigenvalue weighted by Gasteiger charge is -2.27. The summed E-state index contributed by atoms with van der Waals surface area (Å²) in [6.07, 6.45) is 2.27. The first-order valence-electron chi connectivity index (χ1n) is 8.34. The molecule has 0 radical (unpaired) electrons. The highest BCUT2D eigenvalue weighted by atomic mass is 32.2. The van der Waals surface area contributed by atoms with Crippen LogP contribution >= 0.6 is 0 Å². The van der Waals surface area contributed by atoms with Crippen molar-refractivity contribution in [3.05, 3.63) is 29.3 Å². The second kappa shape index (κ2) is 8.50. The summed E-state index contributed by atoms with van der Waals surface area (Å²) in [4.78, 5) is 24.1. The number of benzene rings is 1. The molecule has 1 heterocycles. The lowest BCUT2D eigenvalue weighted by atomic mass is 9.86. The summed E-state index contributed by atoms with van der Waals surface area (Å²) in [7, 11) is -3.55. The van der Waals surface area contributed by atoms with Gasteiger partial charge in [-0.15, -0.1) is 0 Å². The molecule has 0 aromatic heterocycles. The minimum Gasteiger partial charge on any atom is -0.481 e. The smallest absolute Gasteiger partial charge is 0.308 e. The van der Waals surface area contributed by atoms with Gasteiger partial charge >= 0.3 is 5.97 Å². The van der Waals surface area contributed by atoms with Crippen molar-refractivity contribution in [1.29, 1.82) is 0 Å². The summed E-state index contributed by atoms with van der Waals surface area (Å²) in [6.45, 7) is 2.79. The van der Waals surface area contributed by atoms with Gasteiger partial charge in [0.1, 0.15) is 0 Å². The Hall–Kier alpha value is -2.13.